The largest absolute Gasteiger partial charge is 0.446 e. The molecule has 2 N–H and O–H groups in total. The summed E-state index contributed by atoms with van der Waals surface area (Å²) in [6, 6.07) is -0.493. The number of amidine groups is 1. The van der Waals surface area contributed by atoms with Crippen molar-refractivity contribution < 1.29 is 19.0 Å². The fraction of sp³-hybridized carbons (Fsp3) is 0.400. The van der Waals surface area contributed by atoms with Gasteiger partial charge in [0.1, 0.15) is 5.69 Å². The van der Waals surface area contributed by atoms with Gasteiger partial charge in [0.05, 0.1) is 19.3 Å². The molecule has 0 aromatic carbocycles. The highest BCUT2D eigenvalue weighted by atomic mass is 16.2. The van der Waals surface area contributed by atoms with Gasteiger partial charge in [-0.05, 0) is 12.8 Å². The molecular weight excluding hydrogens is 312 g/mol. The molecule has 126 valence electrons. The van der Waals surface area contributed by atoms with E-state index in [1.165, 1.54) is 23.2 Å². The van der Waals surface area contributed by atoms with Crippen molar-refractivity contribution in [2.45, 2.75) is 26.7 Å². The number of imide groups is 1. The summed E-state index contributed by atoms with van der Waals surface area (Å²) in [6.45, 7) is 4.27. The quantitative estimate of drug-likeness (QED) is 0.770. The molecule has 2 rings (SSSR count). The highest BCUT2D eigenvalue weighted by Crippen LogP contribution is 2.08. The van der Waals surface area contributed by atoms with Gasteiger partial charge in [0, 0.05) is 12.4 Å². The van der Waals surface area contributed by atoms with Crippen molar-refractivity contribution in [2.75, 3.05) is 13.1 Å². The summed E-state index contributed by atoms with van der Waals surface area (Å²) < 4.78 is 1.26. The lowest BCUT2D eigenvalue weighted by molar-refractivity contribution is -0.436. The van der Waals surface area contributed by atoms with Crippen molar-refractivity contribution in [1.82, 2.24) is 14.9 Å². The Morgan fingerprint density at radius 3 is 2.62 bits per heavy atom. The molecule has 0 saturated heterocycles. The molecule has 0 aliphatic carbocycles. The van der Waals surface area contributed by atoms with Crippen LogP contribution in [0, 0.1) is 0 Å². The fourth-order valence-electron chi connectivity index (χ4n) is 2.23. The Balaban J connectivity index is 2.49. The normalized spacial score (nSPS) is 16.9. The fourth-order valence-corrected chi connectivity index (χ4v) is 2.23. The summed E-state index contributed by atoms with van der Waals surface area (Å²) in [5, 5.41) is 0. The maximum atomic E-state index is 12.5. The van der Waals surface area contributed by atoms with E-state index in [4.69, 9.17) is 5.73 Å². The Bertz CT molecular complexity index is 726. The zero-order valence-corrected chi connectivity index (χ0v) is 13.6. The molecule has 0 fully saturated rings. The van der Waals surface area contributed by atoms with Crippen LogP contribution in [0.3, 0.4) is 0 Å². The Labute approximate surface area is 138 Å². The summed E-state index contributed by atoms with van der Waals surface area (Å²) in [5.74, 6) is -1.53. The van der Waals surface area contributed by atoms with Crippen molar-refractivity contribution in [3.63, 3.8) is 0 Å². The number of hydrogen-bond donors (Lipinski definition) is 1. The highest BCUT2D eigenvalue weighted by Gasteiger charge is 2.42. The van der Waals surface area contributed by atoms with E-state index in [1.54, 1.807) is 0 Å². The predicted molar refractivity (Wildman–Crippen MR) is 85.8 cm³/mol. The molecule has 24 heavy (non-hydrogen) atoms. The SMILES string of the molecule is CCCN1C(=O)C(=NC(=O)c2cnccn2)C(N)=[N+](CCC)C1=O. The number of carbonyl (C=O) groups excluding carboxylic acids is 3. The van der Waals surface area contributed by atoms with Gasteiger partial charge in [-0.15, -0.1) is 0 Å². The number of rotatable bonds is 5. The number of nitrogens with two attached hydrogens (primary N) is 1. The second-order valence-electron chi connectivity index (χ2n) is 5.13. The van der Waals surface area contributed by atoms with E-state index in [1.807, 2.05) is 13.8 Å². The Morgan fingerprint density at radius 2 is 2.04 bits per heavy atom. The number of urea groups is 1. The molecule has 2 heterocycles. The minimum absolute atomic E-state index is 0.00779. The smallest absolute Gasteiger partial charge is 0.316 e. The van der Waals surface area contributed by atoms with E-state index >= 15 is 0 Å². The molecule has 9 heteroatoms. The first kappa shape index (κ1) is 17.4. The molecule has 0 spiro atoms. The van der Waals surface area contributed by atoms with Gasteiger partial charge in [-0.2, -0.15) is 14.5 Å². The maximum absolute atomic E-state index is 12.5. The van der Waals surface area contributed by atoms with Gasteiger partial charge in [0.25, 0.3) is 11.7 Å². The van der Waals surface area contributed by atoms with Crippen molar-refractivity contribution in [3.8, 4) is 0 Å². The van der Waals surface area contributed by atoms with Gasteiger partial charge in [-0.1, -0.05) is 13.8 Å². The summed E-state index contributed by atoms with van der Waals surface area (Å²) >= 11 is 0. The van der Waals surface area contributed by atoms with Crippen LogP contribution in [-0.4, -0.2) is 61.9 Å². The summed E-state index contributed by atoms with van der Waals surface area (Å²) in [4.78, 5) is 49.6. The highest BCUT2D eigenvalue weighted by molar-refractivity contribution is 6.68. The molecule has 0 unspecified atom stereocenters. The molecule has 0 atom stereocenters. The summed E-state index contributed by atoms with van der Waals surface area (Å²) in [5.41, 5.74) is 5.68. The van der Waals surface area contributed by atoms with E-state index in [0.29, 0.717) is 19.4 Å². The average Bonchev–Trinajstić information content (AvgIpc) is 2.60. The lowest BCUT2D eigenvalue weighted by atomic mass is 10.2. The first-order chi connectivity index (χ1) is 11.5. The van der Waals surface area contributed by atoms with Gasteiger partial charge in [-0.25, -0.2) is 14.6 Å². The number of nitrogens with zero attached hydrogens (tertiary/aromatic N) is 5. The Kier molecular flexibility index (Phi) is 5.46. The summed E-state index contributed by atoms with van der Waals surface area (Å²) in [6.07, 6.45) is 5.24. The molecule has 0 radical (unpaired) electrons. The van der Waals surface area contributed by atoms with Gasteiger partial charge in [0.15, 0.2) is 0 Å². The van der Waals surface area contributed by atoms with Crippen LogP contribution in [-0.2, 0) is 4.79 Å². The summed E-state index contributed by atoms with van der Waals surface area (Å²) in [7, 11) is 0. The number of hydrogen-bond acceptors (Lipinski definition) is 6. The van der Waals surface area contributed by atoms with Crippen LogP contribution in [0.2, 0.25) is 0 Å². The molecule has 1 aliphatic rings. The van der Waals surface area contributed by atoms with Gasteiger partial charge in [-0.3, -0.25) is 9.78 Å². The zero-order chi connectivity index (χ0) is 17.7. The maximum Gasteiger partial charge on any atom is 0.446 e. The van der Waals surface area contributed by atoms with E-state index in [0.717, 1.165) is 4.90 Å². The molecular formula is C15H19N6O3+. The molecule has 4 amide bonds. The van der Waals surface area contributed by atoms with Gasteiger partial charge in [0.2, 0.25) is 5.71 Å². The number of carbonyl (C=O) groups is 3. The lowest BCUT2D eigenvalue weighted by Gasteiger charge is -2.22. The van der Waals surface area contributed by atoms with Crippen LogP contribution in [0.1, 0.15) is 37.2 Å². The number of aliphatic imine (C=N–C) groups is 1. The minimum Gasteiger partial charge on any atom is -0.316 e. The molecule has 9 nitrogen and oxygen atoms in total. The zero-order valence-electron chi connectivity index (χ0n) is 13.6. The third-order valence-corrected chi connectivity index (χ3v) is 3.33. The van der Waals surface area contributed by atoms with E-state index in [-0.39, 0.29) is 23.8 Å². The first-order valence-corrected chi connectivity index (χ1v) is 7.66. The van der Waals surface area contributed by atoms with Crippen molar-refractivity contribution in [3.05, 3.63) is 24.3 Å². The molecule has 1 aromatic heterocycles. The van der Waals surface area contributed by atoms with E-state index in [2.05, 4.69) is 15.0 Å². The standard InChI is InChI=1S/C15H18N6O3/c1-3-7-20-12(16)11(14(23)21(8-4-2)15(20)24)19-13(22)10-9-17-5-6-18-10/h5-6,9,16H,3-4,7-8H2,1-2H3/p+1. The molecule has 1 aromatic rings. The van der Waals surface area contributed by atoms with Crippen molar-refractivity contribution in [1.29, 1.82) is 0 Å². The molecule has 0 saturated carbocycles. The second-order valence-corrected chi connectivity index (χ2v) is 5.13. The van der Waals surface area contributed by atoms with Crippen LogP contribution in [0.15, 0.2) is 23.6 Å². The van der Waals surface area contributed by atoms with Gasteiger partial charge >= 0.3 is 11.9 Å². The Morgan fingerprint density at radius 1 is 1.29 bits per heavy atom. The third kappa shape index (κ3) is 3.34. The second kappa shape index (κ2) is 7.53. The Hall–Kier alpha value is -2.97. The predicted octanol–water partition coefficient (Wildman–Crippen LogP) is 0.210. The van der Waals surface area contributed by atoms with Crippen LogP contribution in [0.25, 0.3) is 0 Å². The number of amides is 4. The van der Waals surface area contributed by atoms with Crippen molar-refractivity contribution >= 4 is 29.4 Å². The third-order valence-electron chi connectivity index (χ3n) is 3.33. The lowest BCUT2D eigenvalue weighted by Crippen LogP contribution is -2.58. The number of aromatic nitrogens is 2. The van der Waals surface area contributed by atoms with Crippen LogP contribution < -0.4 is 5.73 Å². The van der Waals surface area contributed by atoms with E-state index < -0.39 is 17.8 Å². The van der Waals surface area contributed by atoms with Gasteiger partial charge < -0.3 is 5.73 Å². The molecule has 1 aliphatic heterocycles. The van der Waals surface area contributed by atoms with E-state index in [9.17, 15) is 14.4 Å². The first-order valence-electron chi connectivity index (χ1n) is 7.66. The van der Waals surface area contributed by atoms with Crippen LogP contribution in [0.5, 0.6) is 0 Å². The monoisotopic (exact) mass is 331 g/mol. The minimum atomic E-state index is -0.739. The molecule has 0 bridgehead atoms. The topological polar surface area (TPSA) is 122 Å². The average molecular weight is 331 g/mol. The van der Waals surface area contributed by atoms with Crippen molar-refractivity contribution in [2.24, 2.45) is 10.7 Å². The van der Waals surface area contributed by atoms with Crippen LogP contribution >= 0.6 is 0 Å². The van der Waals surface area contributed by atoms with Crippen LogP contribution in [0.4, 0.5) is 4.79 Å².